The minimum absolute atomic E-state index is 0.0636. The van der Waals surface area contributed by atoms with Crippen LogP contribution in [0.4, 0.5) is 5.69 Å². The molecule has 1 atom stereocenters. The van der Waals surface area contributed by atoms with E-state index in [0.29, 0.717) is 40.6 Å². The van der Waals surface area contributed by atoms with Crippen LogP contribution in [0.25, 0.3) is 10.8 Å². The molecule has 5 rings (SSSR count). The summed E-state index contributed by atoms with van der Waals surface area (Å²) in [4.78, 5) is 43.5. The summed E-state index contributed by atoms with van der Waals surface area (Å²) in [6, 6.07) is 25.5. The molecule has 4 aromatic carbocycles. The van der Waals surface area contributed by atoms with Gasteiger partial charge in [0.05, 0.1) is 5.69 Å². The number of hydrogen-bond donors (Lipinski definition) is 1. The number of nitrogens with one attached hydrogen (secondary N) is 1. The third kappa shape index (κ3) is 5.55. The Morgan fingerprint density at radius 1 is 0.900 bits per heavy atom. The molecule has 6 nitrogen and oxygen atoms in total. The molecule has 0 saturated heterocycles. The fourth-order valence-corrected chi connectivity index (χ4v) is 5.82. The van der Waals surface area contributed by atoms with E-state index in [1.807, 2.05) is 66.7 Å². The van der Waals surface area contributed by atoms with Gasteiger partial charge in [-0.2, -0.15) is 0 Å². The van der Waals surface area contributed by atoms with Crippen molar-refractivity contribution in [2.24, 2.45) is 0 Å². The average molecular weight is 575 g/mol. The van der Waals surface area contributed by atoms with E-state index in [1.54, 1.807) is 35.0 Å². The Kier molecular flexibility index (Phi) is 8.38. The molecule has 1 aliphatic rings. The van der Waals surface area contributed by atoms with E-state index in [9.17, 15) is 14.4 Å². The summed E-state index contributed by atoms with van der Waals surface area (Å²) in [7, 11) is 1.56. The second-order valence-electron chi connectivity index (χ2n) is 9.78. The molecule has 0 saturated carbocycles. The molecule has 1 N–H and O–H groups in total. The minimum Gasteiger partial charge on any atom is -0.357 e. The molecule has 0 aromatic heterocycles. The van der Waals surface area contributed by atoms with Gasteiger partial charge in [0.2, 0.25) is 11.8 Å². The molecule has 0 radical (unpaired) electrons. The molecule has 3 amide bonds. The van der Waals surface area contributed by atoms with E-state index in [0.717, 1.165) is 22.0 Å². The molecular formula is C32H29Cl2N3O3. The number of likely N-dealkylation sites (N-methyl/N-ethyl adjacent to an activating group) is 1. The zero-order valence-corrected chi connectivity index (χ0v) is 23.6. The first kappa shape index (κ1) is 27.7. The zero-order valence-electron chi connectivity index (χ0n) is 22.1. The van der Waals surface area contributed by atoms with Gasteiger partial charge in [-0.05, 0) is 41.6 Å². The molecule has 0 unspecified atom stereocenters. The molecule has 0 fully saturated rings. The van der Waals surface area contributed by atoms with Crippen LogP contribution < -0.4 is 10.2 Å². The molecule has 204 valence electrons. The van der Waals surface area contributed by atoms with Crippen molar-refractivity contribution in [1.82, 2.24) is 10.2 Å². The van der Waals surface area contributed by atoms with Gasteiger partial charge in [0.1, 0.15) is 6.04 Å². The van der Waals surface area contributed by atoms with Gasteiger partial charge in [0.25, 0.3) is 5.91 Å². The van der Waals surface area contributed by atoms with Crippen molar-refractivity contribution in [3.8, 4) is 0 Å². The van der Waals surface area contributed by atoms with Crippen molar-refractivity contribution in [2.75, 3.05) is 18.5 Å². The van der Waals surface area contributed by atoms with Crippen molar-refractivity contribution >= 4 is 57.4 Å². The smallest absolute Gasteiger partial charge is 0.258 e. The van der Waals surface area contributed by atoms with E-state index in [2.05, 4.69) is 5.32 Å². The lowest BCUT2D eigenvalue weighted by Gasteiger charge is -2.32. The number of halogens is 2. The van der Waals surface area contributed by atoms with Crippen LogP contribution in [0.1, 0.15) is 34.3 Å². The first-order chi connectivity index (χ1) is 19.4. The van der Waals surface area contributed by atoms with Crippen LogP contribution in [0.3, 0.4) is 0 Å². The van der Waals surface area contributed by atoms with Gasteiger partial charge in [-0.25, -0.2) is 0 Å². The summed E-state index contributed by atoms with van der Waals surface area (Å²) in [6.45, 7) is 0.456. The molecular weight excluding hydrogens is 545 g/mol. The largest absolute Gasteiger partial charge is 0.357 e. The van der Waals surface area contributed by atoms with Crippen LogP contribution >= 0.6 is 23.2 Å². The van der Waals surface area contributed by atoms with Crippen molar-refractivity contribution in [3.63, 3.8) is 0 Å². The highest BCUT2D eigenvalue weighted by molar-refractivity contribution is 6.36. The number of benzene rings is 4. The molecule has 0 aliphatic carbocycles. The SMILES string of the molecule is CNC(=O)[C@@H](Cc1ccccc1)N(Cc1c(Cl)cccc1Cl)C(=O)CCCN1C(=O)c2cccc3cccc1c23. The van der Waals surface area contributed by atoms with E-state index < -0.39 is 6.04 Å². The standard InChI is InChI=1S/C32H29Cl2N3O3/c1-35-31(39)28(19-21-9-3-2-4-10-21)37(20-24-25(33)14-7-15-26(24)34)29(38)17-8-18-36-27-16-6-12-22-11-5-13-23(30(22)27)32(36)40/h2-7,9-16,28H,8,17-20H2,1H3,(H,35,39)/t28-/m1/s1. The summed E-state index contributed by atoms with van der Waals surface area (Å²) >= 11 is 13.0. The number of amides is 3. The van der Waals surface area contributed by atoms with E-state index >= 15 is 0 Å². The van der Waals surface area contributed by atoms with Crippen LogP contribution in [-0.2, 0) is 22.6 Å². The fourth-order valence-electron chi connectivity index (χ4n) is 5.31. The Morgan fingerprint density at radius 3 is 2.27 bits per heavy atom. The second kappa shape index (κ2) is 12.1. The van der Waals surface area contributed by atoms with Crippen LogP contribution in [0.2, 0.25) is 10.0 Å². The fraction of sp³-hybridized carbons (Fsp3) is 0.219. The minimum atomic E-state index is -0.779. The molecule has 4 aromatic rings. The summed E-state index contributed by atoms with van der Waals surface area (Å²) in [5, 5.41) is 5.52. The Labute approximate surface area is 243 Å². The number of anilines is 1. The predicted molar refractivity (Wildman–Crippen MR) is 160 cm³/mol. The highest BCUT2D eigenvalue weighted by Crippen LogP contribution is 2.37. The average Bonchev–Trinajstić information content (AvgIpc) is 3.24. The van der Waals surface area contributed by atoms with Gasteiger partial charge in [0, 0.05) is 59.5 Å². The van der Waals surface area contributed by atoms with Gasteiger partial charge in [-0.15, -0.1) is 0 Å². The zero-order chi connectivity index (χ0) is 28.2. The summed E-state index contributed by atoms with van der Waals surface area (Å²) < 4.78 is 0. The van der Waals surface area contributed by atoms with Crippen molar-refractivity contribution in [3.05, 3.63) is 112 Å². The second-order valence-corrected chi connectivity index (χ2v) is 10.6. The van der Waals surface area contributed by atoms with E-state index in [1.165, 1.54) is 0 Å². The van der Waals surface area contributed by atoms with Crippen LogP contribution in [0.15, 0.2) is 84.9 Å². The van der Waals surface area contributed by atoms with Gasteiger partial charge >= 0.3 is 0 Å². The van der Waals surface area contributed by atoms with Gasteiger partial charge in [0.15, 0.2) is 0 Å². The first-order valence-electron chi connectivity index (χ1n) is 13.2. The highest BCUT2D eigenvalue weighted by Gasteiger charge is 2.32. The summed E-state index contributed by atoms with van der Waals surface area (Å²) in [6.07, 6.45) is 0.893. The maximum Gasteiger partial charge on any atom is 0.258 e. The summed E-state index contributed by atoms with van der Waals surface area (Å²) in [5.41, 5.74) is 3.04. The van der Waals surface area contributed by atoms with Crippen molar-refractivity contribution < 1.29 is 14.4 Å². The lowest BCUT2D eigenvalue weighted by molar-refractivity contribution is -0.141. The molecule has 0 spiro atoms. The van der Waals surface area contributed by atoms with Gasteiger partial charge in [-0.1, -0.05) is 83.9 Å². The lowest BCUT2D eigenvalue weighted by Crippen LogP contribution is -2.49. The number of carbonyl (C=O) groups excluding carboxylic acids is 3. The van der Waals surface area contributed by atoms with E-state index in [4.69, 9.17) is 23.2 Å². The Hall–Kier alpha value is -3.87. The molecule has 1 aliphatic heterocycles. The Morgan fingerprint density at radius 2 is 1.57 bits per heavy atom. The molecule has 8 heteroatoms. The summed E-state index contributed by atoms with van der Waals surface area (Å²) in [5.74, 6) is -0.564. The maximum absolute atomic E-state index is 13.8. The van der Waals surface area contributed by atoms with Gasteiger partial charge in [-0.3, -0.25) is 14.4 Å². The van der Waals surface area contributed by atoms with Crippen LogP contribution in [-0.4, -0.2) is 42.3 Å². The number of nitrogens with zero attached hydrogens (tertiary/aromatic N) is 2. The predicted octanol–water partition coefficient (Wildman–Crippen LogP) is 6.27. The third-order valence-corrected chi connectivity index (χ3v) is 8.04. The first-order valence-corrected chi connectivity index (χ1v) is 14.0. The molecule has 0 bridgehead atoms. The van der Waals surface area contributed by atoms with Gasteiger partial charge < -0.3 is 15.1 Å². The quantitative estimate of drug-likeness (QED) is 0.243. The normalized spacial score (nSPS) is 13.0. The molecule has 40 heavy (non-hydrogen) atoms. The van der Waals surface area contributed by atoms with Crippen molar-refractivity contribution in [2.45, 2.75) is 31.8 Å². The maximum atomic E-state index is 13.8. The Bertz CT molecular complexity index is 1550. The van der Waals surface area contributed by atoms with Crippen LogP contribution in [0, 0.1) is 0 Å². The topological polar surface area (TPSA) is 69.7 Å². The van der Waals surface area contributed by atoms with E-state index in [-0.39, 0.29) is 30.7 Å². The third-order valence-electron chi connectivity index (χ3n) is 7.33. The number of rotatable bonds is 10. The lowest BCUT2D eigenvalue weighted by atomic mass is 10.0. The monoisotopic (exact) mass is 573 g/mol. The van der Waals surface area contributed by atoms with Crippen LogP contribution in [0.5, 0.6) is 0 Å². The number of carbonyl (C=O) groups is 3. The van der Waals surface area contributed by atoms with Crippen molar-refractivity contribution in [1.29, 1.82) is 0 Å². The number of hydrogen-bond acceptors (Lipinski definition) is 3. The molecule has 1 heterocycles. The Balaban J connectivity index is 1.38. The highest BCUT2D eigenvalue weighted by atomic mass is 35.5.